The summed E-state index contributed by atoms with van der Waals surface area (Å²) in [6, 6.07) is 98.2. The minimum Gasteiger partial charge on any atom is -0.318 e. The molecule has 2 unspecified atom stereocenters. The van der Waals surface area contributed by atoms with E-state index in [0.29, 0.717) is 5.92 Å². The zero-order valence-electron chi connectivity index (χ0n) is 44.6. The van der Waals surface area contributed by atoms with Crippen LogP contribution in [0.2, 0.25) is 0 Å². The van der Waals surface area contributed by atoms with Gasteiger partial charge < -0.3 is 19.6 Å². The van der Waals surface area contributed by atoms with Crippen molar-refractivity contribution in [2.75, 3.05) is 19.6 Å². The Labute approximate surface area is 465 Å². The smallest absolute Gasteiger partial charge is 0.0725 e. The molecule has 0 saturated heterocycles. The van der Waals surface area contributed by atoms with Crippen LogP contribution in [0.15, 0.2) is 308 Å². The summed E-state index contributed by atoms with van der Waals surface area (Å²) in [5.41, 5.74) is 23.4. The molecule has 0 amide bonds. The summed E-state index contributed by atoms with van der Waals surface area (Å²) in [6.45, 7) is 4.78. The molecule has 4 aliphatic carbocycles. The van der Waals surface area contributed by atoms with Crippen LogP contribution in [-0.4, -0.2) is 0 Å². The van der Waals surface area contributed by atoms with Crippen molar-refractivity contribution in [1.82, 2.24) is 0 Å². The standard InChI is InChI=1S/C75H60N4/c1-53-25-24-40-62(47-53)79(61-38-22-9-23-39-61)74-52-73-69(48-54(74)2)68-46-43-65(78(59-34-18-7-19-35-59)60-36-20-8-21-37-60)51-72(68)75(73)70-49-63(76(55-26-10-3-11-27-55)56-28-12-4-13-29-56)41-44-66(70)67-45-42-64(50-71(67)75)77(57-30-14-5-15-31-57)58-32-16-6-17-33-58/h3-46,49-54H,47-48H2,1-2H3. The molecule has 0 aliphatic heterocycles. The van der Waals surface area contributed by atoms with E-state index < -0.39 is 5.41 Å². The Morgan fingerprint density at radius 3 is 1.03 bits per heavy atom. The number of hydrogen-bond donors (Lipinski definition) is 0. The van der Waals surface area contributed by atoms with Gasteiger partial charge in [-0.1, -0.05) is 172 Å². The van der Waals surface area contributed by atoms with Gasteiger partial charge in [0.15, 0.2) is 0 Å². The van der Waals surface area contributed by atoms with Crippen molar-refractivity contribution >= 4 is 62.4 Å². The first kappa shape index (κ1) is 47.8. The number of benzene rings is 10. The third kappa shape index (κ3) is 8.22. The number of para-hydroxylation sites is 7. The molecule has 0 aromatic heterocycles. The molecule has 4 heteroatoms. The molecule has 0 fully saturated rings. The maximum Gasteiger partial charge on any atom is 0.0725 e. The Bertz CT molecular complexity index is 3730. The van der Waals surface area contributed by atoms with E-state index in [-0.39, 0.29) is 5.92 Å². The van der Waals surface area contributed by atoms with Crippen molar-refractivity contribution in [2.24, 2.45) is 11.8 Å². The largest absolute Gasteiger partial charge is 0.318 e. The maximum absolute atomic E-state index is 2.64. The Kier molecular flexibility index (Phi) is 12.1. The van der Waals surface area contributed by atoms with Gasteiger partial charge in [-0.25, -0.2) is 0 Å². The van der Waals surface area contributed by atoms with Gasteiger partial charge in [0.05, 0.1) is 5.41 Å². The number of hydrogen-bond acceptors (Lipinski definition) is 4. The normalized spacial score (nSPS) is 16.3. The predicted octanol–water partition coefficient (Wildman–Crippen LogP) is 20.1. The Morgan fingerprint density at radius 1 is 0.342 bits per heavy atom. The highest BCUT2D eigenvalue weighted by atomic mass is 15.2. The second-order valence-electron chi connectivity index (χ2n) is 21.4. The second-order valence-corrected chi connectivity index (χ2v) is 21.4. The minimum absolute atomic E-state index is 0.199. The second kappa shape index (κ2) is 20.1. The average molecular weight is 1020 g/mol. The molecular formula is C75H60N4. The SMILES string of the molecule is CC1C=CC=C(N(C2=CC3=C(CC2C)c2ccc(N(c4ccccc4)c4ccccc4)cc2C32c3cc(N(c4ccccc4)c4ccccc4)ccc3-c3ccc(N(c4ccccc4)c4ccccc4)cc32)c2ccccc2)C1. The van der Waals surface area contributed by atoms with Gasteiger partial charge in [-0.3, -0.25) is 0 Å². The molecule has 0 radical (unpaired) electrons. The molecule has 10 aromatic carbocycles. The van der Waals surface area contributed by atoms with Crippen LogP contribution in [-0.2, 0) is 5.41 Å². The minimum atomic E-state index is -0.767. The van der Waals surface area contributed by atoms with Crippen molar-refractivity contribution in [3.8, 4) is 11.1 Å². The summed E-state index contributed by atoms with van der Waals surface area (Å²) in [5.74, 6) is 0.614. The Balaban J connectivity index is 1.10. The van der Waals surface area contributed by atoms with Crippen LogP contribution in [0.25, 0.3) is 16.7 Å². The molecule has 14 rings (SSSR count). The lowest BCUT2D eigenvalue weighted by Gasteiger charge is -2.39. The van der Waals surface area contributed by atoms with Crippen molar-refractivity contribution < 1.29 is 0 Å². The maximum atomic E-state index is 2.64. The molecule has 0 bridgehead atoms. The number of allylic oxidation sites excluding steroid dienone is 8. The van der Waals surface area contributed by atoms with Gasteiger partial charge in [0.25, 0.3) is 0 Å². The van der Waals surface area contributed by atoms with Crippen LogP contribution in [0.5, 0.6) is 0 Å². The molecule has 4 nitrogen and oxygen atoms in total. The average Bonchev–Trinajstić information content (AvgIpc) is 2.45. The first-order chi connectivity index (χ1) is 39.0. The molecular weight excluding hydrogens is 957 g/mol. The van der Waals surface area contributed by atoms with E-state index in [0.717, 1.165) is 64.0 Å². The fraction of sp³-hybridized carbons (Fsp3) is 0.0933. The van der Waals surface area contributed by atoms with Crippen LogP contribution >= 0.6 is 0 Å². The van der Waals surface area contributed by atoms with Gasteiger partial charge in [0, 0.05) is 74.2 Å². The van der Waals surface area contributed by atoms with E-state index in [9.17, 15) is 0 Å². The fourth-order valence-electron chi connectivity index (χ4n) is 13.2. The molecule has 2 atom stereocenters. The highest BCUT2D eigenvalue weighted by Crippen LogP contribution is 2.66. The fourth-order valence-corrected chi connectivity index (χ4v) is 13.2. The third-order valence-electron chi connectivity index (χ3n) is 16.6. The van der Waals surface area contributed by atoms with E-state index in [1.807, 2.05) is 0 Å². The topological polar surface area (TPSA) is 13.0 Å². The zero-order chi connectivity index (χ0) is 52.9. The lowest BCUT2D eigenvalue weighted by atomic mass is 9.68. The highest BCUT2D eigenvalue weighted by molar-refractivity contribution is 6.00. The molecule has 4 aliphatic rings. The summed E-state index contributed by atoms with van der Waals surface area (Å²) >= 11 is 0. The molecule has 10 aromatic rings. The molecule has 0 N–H and O–H groups in total. The number of nitrogens with zero attached hydrogens (tertiary/aromatic N) is 4. The van der Waals surface area contributed by atoms with Crippen LogP contribution in [0.4, 0.5) is 56.9 Å². The molecule has 1 spiro atoms. The van der Waals surface area contributed by atoms with Gasteiger partial charge in [-0.15, -0.1) is 0 Å². The van der Waals surface area contributed by atoms with Crippen LogP contribution in [0, 0.1) is 11.8 Å². The molecule has 380 valence electrons. The summed E-state index contributed by atoms with van der Waals surface area (Å²) in [6.07, 6.45) is 11.4. The van der Waals surface area contributed by atoms with Crippen LogP contribution in [0.3, 0.4) is 0 Å². The molecule has 0 heterocycles. The third-order valence-corrected chi connectivity index (χ3v) is 16.6. The quantitative estimate of drug-likeness (QED) is 0.121. The van der Waals surface area contributed by atoms with Crippen LogP contribution in [0.1, 0.15) is 48.9 Å². The van der Waals surface area contributed by atoms with Crippen LogP contribution < -0.4 is 19.6 Å². The van der Waals surface area contributed by atoms with E-state index >= 15 is 0 Å². The van der Waals surface area contributed by atoms with Crippen molar-refractivity contribution in [3.63, 3.8) is 0 Å². The van der Waals surface area contributed by atoms with E-state index in [1.54, 1.807) is 0 Å². The van der Waals surface area contributed by atoms with Gasteiger partial charge in [0.1, 0.15) is 0 Å². The Hall–Kier alpha value is -9.64. The van der Waals surface area contributed by atoms with Crippen molar-refractivity contribution in [3.05, 3.63) is 330 Å². The van der Waals surface area contributed by atoms with Crippen molar-refractivity contribution in [1.29, 1.82) is 0 Å². The predicted molar refractivity (Wildman–Crippen MR) is 331 cm³/mol. The number of fused-ring (bicyclic) bond motifs is 9. The monoisotopic (exact) mass is 1020 g/mol. The van der Waals surface area contributed by atoms with E-state index in [1.165, 1.54) is 61.6 Å². The number of rotatable bonds is 12. The van der Waals surface area contributed by atoms with E-state index in [2.05, 4.69) is 325 Å². The van der Waals surface area contributed by atoms with Crippen molar-refractivity contribution in [2.45, 2.75) is 32.1 Å². The van der Waals surface area contributed by atoms with Gasteiger partial charge in [-0.2, -0.15) is 0 Å². The zero-order valence-corrected chi connectivity index (χ0v) is 44.6. The highest BCUT2D eigenvalue weighted by Gasteiger charge is 2.54. The molecule has 0 saturated carbocycles. The number of anilines is 10. The first-order valence-electron chi connectivity index (χ1n) is 27.9. The first-order valence-corrected chi connectivity index (χ1v) is 27.9. The summed E-state index contributed by atoms with van der Waals surface area (Å²) in [7, 11) is 0. The van der Waals surface area contributed by atoms with Gasteiger partial charge in [-0.05, 0) is 197 Å². The summed E-state index contributed by atoms with van der Waals surface area (Å²) in [5, 5.41) is 0. The van der Waals surface area contributed by atoms with E-state index in [4.69, 9.17) is 0 Å². The summed E-state index contributed by atoms with van der Waals surface area (Å²) < 4.78 is 0. The lowest BCUT2D eigenvalue weighted by Crippen LogP contribution is -2.32. The Morgan fingerprint density at radius 2 is 0.671 bits per heavy atom. The van der Waals surface area contributed by atoms with Gasteiger partial charge in [0.2, 0.25) is 0 Å². The van der Waals surface area contributed by atoms with Gasteiger partial charge >= 0.3 is 0 Å². The lowest BCUT2D eigenvalue weighted by molar-refractivity contribution is 0.632. The molecule has 79 heavy (non-hydrogen) atoms. The summed E-state index contributed by atoms with van der Waals surface area (Å²) in [4.78, 5) is 9.88.